The molecule has 1 aliphatic heterocycles. The summed E-state index contributed by atoms with van der Waals surface area (Å²) in [5, 5.41) is 0. The second kappa shape index (κ2) is 7.53. The van der Waals surface area contributed by atoms with Gasteiger partial charge in [0.1, 0.15) is 23.4 Å². The summed E-state index contributed by atoms with van der Waals surface area (Å²) in [6.07, 6.45) is -0.483. The second-order valence-corrected chi connectivity index (χ2v) is 5.70. The molecule has 132 valence electrons. The third-order valence-electron chi connectivity index (χ3n) is 4.24. The molecule has 0 unspecified atom stereocenters. The van der Waals surface area contributed by atoms with Crippen molar-refractivity contribution < 1.29 is 23.4 Å². The normalized spacial score (nSPS) is 17.2. The minimum Gasteiger partial charge on any atom is -0.497 e. The number of hydrogen-bond donors (Lipinski definition) is 0. The zero-order valence-corrected chi connectivity index (χ0v) is 14.2. The Morgan fingerprint density at radius 1 is 1.20 bits per heavy atom. The smallest absolute Gasteiger partial charge is 0.257 e. The fourth-order valence-electron chi connectivity index (χ4n) is 2.90. The van der Waals surface area contributed by atoms with E-state index in [9.17, 15) is 9.18 Å². The molecule has 0 radical (unpaired) electrons. The Morgan fingerprint density at radius 2 is 2.00 bits per heavy atom. The van der Waals surface area contributed by atoms with Crippen LogP contribution in [0.15, 0.2) is 42.5 Å². The molecule has 1 heterocycles. The number of hydrogen-bond acceptors (Lipinski definition) is 4. The first-order valence-electron chi connectivity index (χ1n) is 8.01. The lowest BCUT2D eigenvalue weighted by atomic mass is 10.1. The fourth-order valence-corrected chi connectivity index (χ4v) is 2.90. The molecule has 1 aliphatic rings. The molecule has 1 atom stereocenters. The highest BCUT2D eigenvalue weighted by Crippen LogP contribution is 2.29. The van der Waals surface area contributed by atoms with Crippen LogP contribution in [0.4, 0.5) is 4.39 Å². The zero-order valence-electron chi connectivity index (χ0n) is 14.2. The first-order chi connectivity index (χ1) is 12.1. The number of amides is 1. The highest BCUT2D eigenvalue weighted by atomic mass is 19.1. The van der Waals surface area contributed by atoms with Crippen LogP contribution in [0.2, 0.25) is 0 Å². The van der Waals surface area contributed by atoms with Crippen molar-refractivity contribution in [1.29, 1.82) is 0 Å². The number of methoxy groups -OCH3 is 2. The van der Waals surface area contributed by atoms with E-state index in [1.54, 1.807) is 48.4 Å². The lowest BCUT2D eigenvalue weighted by Gasteiger charge is -2.33. The van der Waals surface area contributed by atoms with E-state index in [1.165, 1.54) is 13.2 Å². The number of carbonyl (C=O) groups excluding carboxylic acids is 1. The molecule has 0 N–H and O–H groups in total. The maximum absolute atomic E-state index is 14.0. The van der Waals surface area contributed by atoms with E-state index in [1.807, 2.05) is 0 Å². The summed E-state index contributed by atoms with van der Waals surface area (Å²) in [7, 11) is 3.06. The quantitative estimate of drug-likeness (QED) is 0.855. The molecule has 1 amide bonds. The molecule has 2 aromatic carbocycles. The Bertz CT molecular complexity index is 765. The van der Waals surface area contributed by atoms with Gasteiger partial charge in [0.15, 0.2) is 0 Å². The van der Waals surface area contributed by atoms with Gasteiger partial charge in [-0.2, -0.15) is 0 Å². The third kappa shape index (κ3) is 3.58. The van der Waals surface area contributed by atoms with Crippen molar-refractivity contribution in [3.8, 4) is 11.5 Å². The molecule has 0 saturated carbocycles. The summed E-state index contributed by atoms with van der Waals surface area (Å²) < 4.78 is 30.1. The molecular weight excluding hydrogens is 325 g/mol. The van der Waals surface area contributed by atoms with Gasteiger partial charge in [0.05, 0.1) is 32.9 Å². The van der Waals surface area contributed by atoms with E-state index >= 15 is 0 Å². The van der Waals surface area contributed by atoms with Crippen LogP contribution in [0, 0.1) is 5.82 Å². The lowest BCUT2D eigenvalue weighted by Crippen LogP contribution is -2.42. The average Bonchev–Trinajstić information content (AvgIpc) is 2.67. The van der Waals surface area contributed by atoms with E-state index in [0.717, 1.165) is 0 Å². The van der Waals surface area contributed by atoms with Crippen molar-refractivity contribution in [2.45, 2.75) is 6.10 Å². The lowest BCUT2D eigenvalue weighted by molar-refractivity contribution is -0.0243. The summed E-state index contributed by atoms with van der Waals surface area (Å²) in [5.74, 6) is 0.547. The predicted octanol–water partition coefficient (Wildman–Crippen LogP) is 3.06. The number of morpholine rings is 1. The largest absolute Gasteiger partial charge is 0.497 e. The van der Waals surface area contributed by atoms with Gasteiger partial charge in [-0.3, -0.25) is 4.79 Å². The minimum absolute atomic E-state index is 0.177. The van der Waals surface area contributed by atoms with E-state index in [2.05, 4.69) is 0 Å². The number of benzene rings is 2. The molecule has 5 nitrogen and oxygen atoms in total. The monoisotopic (exact) mass is 345 g/mol. The van der Waals surface area contributed by atoms with Crippen LogP contribution in [-0.2, 0) is 4.74 Å². The first-order valence-corrected chi connectivity index (χ1v) is 8.01. The molecular formula is C19H20FNO4. The number of carbonyl (C=O) groups is 1. The standard InChI is InChI=1S/C19H20FNO4/c1-23-13-7-8-15(17(11-13)24-2)19(22)21-9-10-25-18(12-21)14-5-3-4-6-16(14)20/h3-8,11,18H,9-10,12H2,1-2H3/t18-/m1/s1. The van der Waals surface area contributed by atoms with E-state index in [4.69, 9.17) is 14.2 Å². The molecule has 1 saturated heterocycles. The molecule has 25 heavy (non-hydrogen) atoms. The Morgan fingerprint density at radius 3 is 2.72 bits per heavy atom. The summed E-state index contributed by atoms with van der Waals surface area (Å²) >= 11 is 0. The molecule has 6 heteroatoms. The van der Waals surface area contributed by atoms with Crippen molar-refractivity contribution in [3.63, 3.8) is 0 Å². The van der Waals surface area contributed by atoms with Gasteiger partial charge in [-0.25, -0.2) is 4.39 Å². The zero-order chi connectivity index (χ0) is 17.8. The maximum Gasteiger partial charge on any atom is 0.257 e. The van der Waals surface area contributed by atoms with Crippen molar-refractivity contribution in [2.75, 3.05) is 33.9 Å². The van der Waals surface area contributed by atoms with Gasteiger partial charge in [-0.15, -0.1) is 0 Å². The number of rotatable bonds is 4. The van der Waals surface area contributed by atoms with Gasteiger partial charge in [-0.05, 0) is 18.2 Å². The van der Waals surface area contributed by atoms with Crippen LogP contribution in [0.25, 0.3) is 0 Å². The van der Waals surface area contributed by atoms with Gasteiger partial charge in [0.2, 0.25) is 0 Å². The van der Waals surface area contributed by atoms with E-state index in [0.29, 0.717) is 35.8 Å². The molecule has 3 rings (SSSR count). The Hall–Kier alpha value is -2.60. The van der Waals surface area contributed by atoms with Crippen LogP contribution in [-0.4, -0.2) is 44.7 Å². The summed E-state index contributed by atoms with van der Waals surface area (Å²) in [6, 6.07) is 11.5. The van der Waals surface area contributed by atoms with Crippen molar-refractivity contribution >= 4 is 5.91 Å². The molecule has 0 aliphatic carbocycles. The average molecular weight is 345 g/mol. The maximum atomic E-state index is 14.0. The molecule has 0 aromatic heterocycles. The third-order valence-corrected chi connectivity index (χ3v) is 4.24. The van der Waals surface area contributed by atoms with Crippen LogP contribution >= 0.6 is 0 Å². The van der Waals surface area contributed by atoms with E-state index in [-0.39, 0.29) is 18.3 Å². The molecule has 0 bridgehead atoms. The Kier molecular flexibility index (Phi) is 5.19. The van der Waals surface area contributed by atoms with Crippen LogP contribution in [0.1, 0.15) is 22.0 Å². The van der Waals surface area contributed by atoms with Crippen molar-refractivity contribution in [2.24, 2.45) is 0 Å². The number of halogens is 1. The van der Waals surface area contributed by atoms with Gasteiger partial charge >= 0.3 is 0 Å². The second-order valence-electron chi connectivity index (χ2n) is 5.70. The highest BCUT2D eigenvalue weighted by molar-refractivity contribution is 5.97. The first kappa shape index (κ1) is 17.2. The number of nitrogens with zero attached hydrogens (tertiary/aromatic N) is 1. The summed E-state index contributed by atoms with van der Waals surface area (Å²) in [5.41, 5.74) is 0.902. The minimum atomic E-state index is -0.483. The van der Waals surface area contributed by atoms with Gasteiger partial charge in [0, 0.05) is 18.2 Å². The van der Waals surface area contributed by atoms with Gasteiger partial charge in [-0.1, -0.05) is 18.2 Å². The Labute approximate surface area is 145 Å². The van der Waals surface area contributed by atoms with Gasteiger partial charge < -0.3 is 19.1 Å². The van der Waals surface area contributed by atoms with E-state index < -0.39 is 6.10 Å². The Balaban J connectivity index is 1.82. The van der Waals surface area contributed by atoms with Crippen LogP contribution < -0.4 is 9.47 Å². The predicted molar refractivity (Wildman–Crippen MR) is 90.5 cm³/mol. The summed E-state index contributed by atoms with van der Waals surface area (Å²) in [4.78, 5) is 14.6. The molecule has 0 spiro atoms. The van der Waals surface area contributed by atoms with Crippen molar-refractivity contribution in [1.82, 2.24) is 4.90 Å². The fraction of sp³-hybridized carbons (Fsp3) is 0.316. The summed E-state index contributed by atoms with van der Waals surface area (Å²) in [6.45, 7) is 1.08. The SMILES string of the molecule is COc1ccc(C(=O)N2CCO[C@@H](c3ccccc3F)C2)c(OC)c1. The van der Waals surface area contributed by atoms with Crippen LogP contribution in [0.3, 0.4) is 0 Å². The highest BCUT2D eigenvalue weighted by Gasteiger charge is 2.29. The van der Waals surface area contributed by atoms with Gasteiger partial charge in [0.25, 0.3) is 5.91 Å². The van der Waals surface area contributed by atoms with Crippen molar-refractivity contribution in [3.05, 3.63) is 59.4 Å². The number of ether oxygens (including phenoxy) is 3. The van der Waals surface area contributed by atoms with Crippen LogP contribution in [0.5, 0.6) is 11.5 Å². The molecule has 1 fully saturated rings. The molecule has 2 aromatic rings. The topological polar surface area (TPSA) is 48.0 Å².